The van der Waals surface area contributed by atoms with E-state index in [0.717, 1.165) is 23.3 Å². The van der Waals surface area contributed by atoms with Gasteiger partial charge in [0.1, 0.15) is 46.4 Å². The number of phenolic OH excluding ortho intramolecular Hbond substituents is 2. The van der Waals surface area contributed by atoms with E-state index in [1.54, 1.807) is 58.3 Å². The molecule has 6 rings (SSSR count). The largest absolute Gasteiger partial charge is 0.508 e. The van der Waals surface area contributed by atoms with Crippen molar-refractivity contribution < 1.29 is 57.9 Å². The van der Waals surface area contributed by atoms with Crippen LogP contribution in [0.2, 0.25) is 0 Å². The van der Waals surface area contributed by atoms with E-state index in [4.69, 9.17) is 15.2 Å². The number of phenols is 2. The highest BCUT2D eigenvalue weighted by molar-refractivity contribution is 5.88. The molecule has 70 heavy (non-hydrogen) atoms. The number of amides is 4. The number of hydrogen-bond donors (Lipinski definition) is 5. The Balaban J connectivity index is 0.000000261. The van der Waals surface area contributed by atoms with E-state index in [0.29, 0.717) is 37.2 Å². The lowest BCUT2D eigenvalue weighted by Gasteiger charge is -2.44. The minimum absolute atomic E-state index is 0.161. The van der Waals surface area contributed by atoms with Crippen LogP contribution in [0.25, 0.3) is 0 Å². The third-order valence-corrected chi connectivity index (χ3v) is 11.9. The zero-order valence-electron chi connectivity index (χ0n) is 41.1. The molecule has 4 amide bonds. The van der Waals surface area contributed by atoms with Crippen molar-refractivity contribution in [2.24, 2.45) is 17.6 Å². The van der Waals surface area contributed by atoms with E-state index in [9.17, 15) is 48.4 Å². The topological polar surface area (TPSA) is 207 Å². The number of halogens is 2. The molecule has 380 valence electrons. The van der Waals surface area contributed by atoms with Gasteiger partial charge in [-0.2, -0.15) is 0 Å². The van der Waals surface area contributed by atoms with Crippen molar-refractivity contribution in [3.63, 3.8) is 0 Å². The summed E-state index contributed by atoms with van der Waals surface area (Å²) in [5.41, 5.74) is 7.08. The van der Waals surface area contributed by atoms with E-state index in [1.165, 1.54) is 34.1 Å². The van der Waals surface area contributed by atoms with E-state index in [2.05, 4.69) is 0 Å². The smallest absolute Gasteiger partial charge is 0.411 e. The molecule has 0 unspecified atom stereocenters. The number of aromatic hydroxyl groups is 2. The first-order valence-electron chi connectivity index (χ1n) is 23.6. The summed E-state index contributed by atoms with van der Waals surface area (Å²) >= 11 is 0. The quantitative estimate of drug-likeness (QED) is 0.0892. The van der Waals surface area contributed by atoms with Crippen LogP contribution in [-0.2, 0) is 45.0 Å². The van der Waals surface area contributed by atoms with E-state index in [1.807, 2.05) is 60.7 Å². The molecule has 2 heterocycles. The number of nitrogens with zero attached hydrogens (tertiary/aromatic N) is 4. The molecule has 0 saturated carbocycles. The van der Waals surface area contributed by atoms with Crippen LogP contribution < -0.4 is 5.73 Å². The average Bonchev–Trinajstić information content (AvgIpc) is 3.26. The summed E-state index contributed by atoms with van der Waals surface area (Å²) < 4.78 is 38.7. The molecular formula is C53H69F2N5O10. The molecule has 0 radical (unpaired) electrons. The van der Waals surface area contributed by atoms with Gasteiger partial charge >= 0.3 is 12.2 Å². The predicted molar refractivity (Wildman–Crippen MR) is 259 cm³/mol. The highest BCUT2D eigenvalue weighted by atomic mass is 19.1. The molecule has 2 aliphatic rings. The number of benzene rings is 4. The van der Waals surface area contributed by atoms with Crippen molar-refractivity contribution in [1.29, 1.82) is 0 Å². The van der Waals surface area contributed by atoms with Crippen molar-refractivity contribution in [2.45, 2.75) is 116 Å². The first-order chi connectivity index (χ1) is 32.9. The minimum Gasteiger partial charge on any atom is -0.508 e. The van der Waals surface area contributed by atoms with Crippen molar-refractivity contribution >= 4 is 24.0 Å². The second-order valence-electron chi connectivity index (χ2n) is 20.1. The van der Waals surface area contributed by atoms with E-state index < -0.39 is 77.1 Å². The van der Waals surface area contributed by atoms with Crippen LogP contribution in [0.4, 0.5) is 18.4 Å². The summed E-state index contributed by atoms with van der Waals surface area (Å²) in [4.78, 5) is 59.1. The standard InChI is InChI=1S/C27H36FN3O5.C26H33FN2O5/c1-27(2,3)36-26(35)31-12-11-30(17-18-7-5-4-6-8-18)25(34)23(31)24(33)20(9-10-29)13-19-14-21(28)16-22(32)15-19;1-17(12-19-13-20(27)15-21(30)14-19)23(31)22-24(32)28(16-18-8-6-5-7-9-18)10-11-29(22)25(33)34-26(2,3)4/h4-8,14-16,20,23-24,32-33H,9-13,17,29H2,1-3H3;5-9,13-15,17,22-23,30-31H,10-12,16H2,1-4H3/t20-,23-,24-;17-,22-,23-/m00/s1. The van der Waals surface area contributed by atoms with E-state index in [-0.39, 0.29) is 56.4 Å². The summed E-state index contributed by atoms with van der Waals surface area (Å²) in [5, 5.41) is 42.3. The molecule has 6 atom stereocenters. The maximum atomic E-state index is 13.9. The van der Waals surface area contributed by atoms with Gasteiger partial charge in [0.05, 0.1) is 12.2 Å². The van der Waals surface area contributed by atoms with Crippen LogP contribution >= 0.6 is 0 Å². The molecule has 2 aliphatic heterocycles. The van der Waals surface area contributed by atoms with Crippen LogP contribution in [0.15, 0.2) is 97.1 Å². The molecule has 6 N–H and O–H groups in total. The number of aliphatic hydroxyl groups is 2. The highest BCUT2D eigenvalue weighted by Crippen LogP contribution is 2.30. The lowest BCUT2D eigenvalue weighted by Crippen LogP contribution is -2.64. The van der Waals surface area contributed by atoms with Crippen LogP contribution in [0.5, 0.6) is 11.5 Å². The summed E-state index contributed by atoms with van der Waals surface area (Å²) in [7, 11) is 0. The number of carbonyl (C=O) groups excluding carboxylic acids is 4. The number of rotatable bonds is 14. The molecule has 17 heteroatoms. The Morgan fingerprint density at radius 1 is 0.629 bits per heavy atom. The predicted octanol–water partition coefficient (Wildman–Crippen LogP) is 6.77. The molecule has 0 spiro atoms. The van der Waals surface area contributed by atoms with Crippen molar-refractivity contribution in [1.82, 2.24) is 19.6 Å². The first kappa shape index (κ1) is 54.6. The van der Waals surface area contributed by atoms with Crippen molar-refractivity contribution in [3.05, 3.63) is 131 Å². The normalized spacial score (nSPS) is 18.3. The number of piperazine rings is 2. The summed E-state index contributed by atoms with van der Waals surface area (Å²) in [6, 6.07) is 24.0. The summed E-state index contributed by atoms with van der Waals surface area (Å²) in [6.07, 6.45) is -3.19. The average molecular weight is 974 g/mol. The van der Waals surface area contributed by atoms with E-state index >= 15 is 0 Å². The zero-order chi connectivity index (χ0) is 51.5. The molecule has 15 nitrogen and oxygen atoms in total. The van der Waals surface area contributed by atoms with Crippen molar-refractivity contribution in [2.75, 3.05) is 32.7 Å². The second kappa shape index (κ2) is 24.0. The van der Waals surface area contributed by atoms with Gasteiger partial charge < -0.3 is 45.4 Å². The zero-order valence-corrected chi connectivity index (χ0v) is 41.1. The number of hydrogen-bond acceptors (Lipinski definition) is 11. The highest BCUT2D eigenvalue weighted by Gasteiger charge is 2.47. The van der Waals surface area contributed by atoms with Gasteiger partial charge in [0, 0.05) is 51.4 Å². The molecule has 2 fully saturated rings. The number of aliphatic hydroxyl groups excluding tert-OH is 2. The summed E-state index contributed by atoms with van der Waals surface area (Å²) in [6.45, 7) is 14.0. The Hall–Kier alpha value is -6.30. The number of carbonyl (C=O) groups is 4. The van der Waals surface area contributed by atoms with Gasteiger partial charge in [-0.05, 0) is 126 Å². The fourth-order valence-corrected chi connectivity index (χ4v) is 8.70. The fraction of sp³-hybridized carbons (Fsp3) is 0.472. The van der Waals surface area contributed by atoms with Crippen LogP contribution in [0, 0.1) is 23.5 Å². The van der Waals surface area contributed by atoms with Crippen LogP contribution in [-0.4, -0.2) is 132 Å². The van der Waals surface area contributed by atoms with Gasteiger partial charge in [0.15, 0.2) is 0 Å². The third kappa shape index (κ3) is 15.6. The van der Waals surface area contributed by atoms with Crippen molar-refractivity contribution in [3.8, 4) is 11.5 Å². The van der Waals surface area contributed by atoms with Gasteiger partial charge in [-0.25, -0.2) is 18.4 Å². The Bertz CT molecular complexity index is 2340. The second-order valence-corrected chi connectivity index (χ2v) is 20.1. The Labute approximate surface area is 409 Å². The maximum Gasteiger partial charge on any atom is 0.411 e. The monoisotopic (exact) mass is 974 g/mol. The lowest BCUT2D eigenvalue weighted by atomic mass is 9.85. The molecule has 0 aliphatic carbocycles. The Kier molecular flexibility index (Phi) is 18.7. The van der Waals surface area contributed by atoms with Crippen LogP contribution in [0.3, 0.4) is 0 Å². The Morgan fingerprint density at radius 3 is 1.41 bits per heavy atom. The molecule has 4 aromatic rings. The number of nitrogens with two attached hydrogens (primary N) is 1. The minimum atomic E-state index is -1.29. The molecular weight excluding hydrogens is 905 g/mol. The summed E-state index contributed by atoms with van der Waals surface area (Å²) in [5.74, 6) is -3.50. The molecule has 0 bridgehead atoms. The molecule has 4 aromatic carbocycles. The van der Waals surface area contributed by atoms with Gasteiger partial charge in [-0.3, -0.25) is 19.4 Å². The Morgan fingerprint density at radius 2 is 1.03 bits per heavy atom. The fourth-order valence-electron chi connectivity index (χ4n) is 8.70. The van der Waals surface area contributed by atoms with Gasteiger partial charge in [-0.1, -0.05) is 67.6 Å². The molecule has 0 aromatic heterocycles. The van der Waals surface area contributed by atoms with Gasteiger partial charge in [-0.15, -0.1) is 0 Å². The first-order valence-corrected chi connectivity index (χ1v) is 23.6. The molecule has 2 saturated heterocycles. The lowest BCUT2D eigenvalue weighted by molar-refractivity contribution is -0.150. The maximum absolute atomic E-state index is 13.9. The third-order valence-electron chi connectivity index (χ3n) is 11.9. The van der Waals surface area contributed by atoms with Gasteiger partial charge in [0.2, 0.25) is 11.8 Å². The number of ether oxygens (including phenoxy) is 2. The SMILES string of the molecule is CC(C)(C)OC(=O)N1CCN(Cc2ccccc2)C(=O)[C@@H]1[C@@H](O)[C@@H](CCN)Cc1cc(O)cc(F)c1.C[C@@H](Cc1cc(O)cc(F)c1)[C@H](O)[C@H]1C(=O)N(Cc2ccccc2)CCN1C(=O)OC(C)(C)C. The van der Waals surface area contributed by atoms with Crippen LogP contribution in [0.1, 0.15) is 77.1 Å². The van der Waals surface area contributed by atoms with Gasteiger partial charge in [0.25, 0.3) is 0 Å².